The minimum absolute atomic E-state index is 0.0265. The Morgan fingerprint density at radius 1 is 1.22 bits per heavy atom. The Kier molecular flexibility index (Phi) is 7.25. The predicted octanol–water partition coefficient (Wildman–Crippen LogP) is 5.84. The molecule has 9 heteroatoms. The number of alkyl halides is 2. The van der Waals surface area contributed by atoms with Crippen LogP contribution in [0.25, 0.3) is 10.9 Å². The van der Waals surface area contributed by atoms with Gasteiger partial charge >= 0.3 is 0 Å². The largest absolute Gasteiger partial charge is 0.492 e. The zero-order valence-corrected chi connectivity index (χ0v) is 23.9. The van der Waals surface area contributed by atoms with Crippen LogP contribution in [-0.2, 0) is 12.0 Å². The molecule has 0 amide bonds. The summed E-state index contributed by atoms with van der Waals surface area (Å²) >= 11 is 2.39. The lowest BCUT2D eigenvalue weighted by molar-refractivity contribution is 0.0176. The third-order valence-corrected chi connectivity index (χ3v) is 9.09. The monoisotopic (exact) mass is 626 g/mol. The van der Waals surface area contributed by atoms with E-state index in [1.807, 2.05) is 24.0 Å². The highest BCUT2D eigenvalue weighted by Gasteiger charge is 2.48. The molecule has 1 fully saturated rings. The molecule has 3 aromatic rings. The average molecular weight is 627 g/mol. The highest BCUT2D eigenvalue weighted by molar-refractivity contribution is 14.1. The number of likely N-dealkylation sites (tertiary alicyclic amines) is 1. The summed E-state index contributed by atoms with van der Waals surface area (Å²) in [5.41, 5.74) is -0.279. The molecule has 200 valence electrons. The van der Waals surface area contributed by atoms with Gasteiger partial charge in [0, 0.05) is 59.7 Å². The van der Waals surface area contributed by atoms with E-state index in [1.54, 1.807) is 13.1 Å². The summed E-state index contributed by atoms with van der Waals surface area (Å²) in [6.07, 6.45) is 2.37. The summed E-state index contributed by atoms with van der Waals surface area (Å²) in [7, 11) is 0. The molecule has 2 atom stereocenters. The van der Waals surface area contributed by atoms with E-state index in [2.05, 4.69) is 37.7 Å². The number of H-pyrrole nitrogens is 1. The van der Waals surface area contributed by atoms with E-state index >= 15 is 13.2 Å². The Balaban J connectivity index is 1.52. The van der Waals surface area contributed by atoms with E-state index in [4.69, 9.17) is 4.74 Å². The number of nitrogens with one attached hydrogen (secondary N) is 1. The fraction of sp³-hybridized carbons (Fsp3) is 0.536. The number of ether oxygens (including phenoxy) is 1. The minimum Gasteiger partial charge on any atom is -0.492 e. The highest BCUT2D eigenvalue weighted by atomic mass is 127. The number of fused-ring (bicyclic) bond motifs is 3. The van der Waals surface area contributed by atoms with Gasteiger partial charge in [0.2, 0.25) is 0 Å². The number of aromatic nitrogens is 2. The highest BCUT2D eigenvalue weighted by Crippen LogP contribution is 2.47. The van der Waals surface area contributed by atoms with Gasteiger partial charge in [-0.3, -0.25) is 14.9 Å². The Morgan fingerprint density at radius 3 is 2.57 bits per heavy atom. The van der Waals surface area contributed by atoms with E-state index in [9.17, 15) is 0 Å². The number of halogens is 4. The fourth-order valence-electron chi connectivity index (χ4n) is 6.10. The van der Waals surface area contributed by atoms with Crippen molar-refractivity contribution >= 4 is 33.5 Å². The first-order chi connectivity index (χ1) is 17.5. The van der Waals surface area contributed by atoms with Crippen LogP contribution in [-0.4, -0.2) is 68.9 Å². The van der Waals surface area contributed by atoms with Crippen LogP contribution < -0.4 is 4.74 Å². The summed E-state index contributed by atoms with van der Waals surface area (Å²) in [5.74, 6) is -0.502. The molecule has 37 heavy (non-hydrogen) atoms. The smallest absolute Gasteiger partial charge is 0.135 e. The Hall–Kier alpha value is -1.85. The van der Waals surface area contributed by atoms with Crippen LogP contribution in [0.2, 0.25) is 0 Å². The molecule has 5 nitrogen and oxygen atoms in total. The lowest BCUT2D eigenvalue weighted by atomic mass is 9.73. The second-order valence-electron chi connectivity index (χ2n) is 11.3. The van der Waals surface area contributed by atoms with Crippen molar-refractivity contribution in [1.82, 2.24) is 20.0 Å². The molecule has 0 radical (unpaired) electrons. The zero-order valence-electron chi connectivity index (χ0n) is 21.8. The Labute approximate surface area is 229 Å². The summed E-state index contributed by atoms with van der Waals surface area (Å²) in [6, 6.07) is 6.13. The van der Waals surface area contributed by atoms with Gasteiger partial charge in [0.25, 0.3) is 0 Å². The lowest BCUT2D eigenvalue weighted by Crippen LogP contribution is -2.57. The van der Waals surface area contributed by atoms with E-state index < -0.39 is 22.8 Å². The summed E-state index contributed by atoms with van der Waals surface area (Å²) in [4.78, 5) is 4.18. The van der Waals surface area contributed by atoms with Crippen molar-refractivity contribution in [3.8, 4) is 5.75 Å². The molecule has 3 heterocycles. The van der Waals surface area contributed by atoms with Crippen molar-refractivity contribution in [3.63, 3.8) is 0 Å². The quantitative estimate of drug-likeness (QED) is 0.252. The van der Waals surface area contributed by atoms with Gasteiger partial charge in [-0.05, 0) is 57.2 Å². The molecule has 0 saturated carbocycles. The zero-order chi connectivity index (χ0) is 26.5. The molecule has 0 bridgehead atoms. The molecule has 2 aliphatic rings. The maximum atomic E-state index is 15.9. The molecule has 1 saturated heterocycles. The molecule has 0 spiro atoms. The second kappa shape index (κ2) is 10.0. The first kappa shape index (κ1) is 26.7. The third kappa shape index (κ3) is 4.98. The van der Waals surface area contributed by atoms with Crippen molar-refractivity contribution in [2.24, 2.45) is 5.92 Å². The number of aromatic amines is 1. The molecular weight excluding hydrogens is 592 g/mol. The van der Waals surface area contributed by atoms with Crippen molar-refractivity contribution in [3.05, 3.63) is 58.8 Å². The van der Waals surface area contributed by atoms with Crippen molar-refractivity contribution < 1.29 is 17.9 Å². The Bertz CT molecular complexity index is 1260. The van der Waals surface area contributed by atoms with Crippen molar-refractivity contribution in [2.45, 2.75) is 51.4 Å². The van der Waals surface area contributed by atoms with Crippen LogP contribution in [0.4, 0.5) is 13.2 Å². The van der Waals surface area contributed by atoms with E-state index in [0.29, 0.717) is 13.0 Å². The topological polar surface area (TPSA) is 44.4 Å². The first-order valence-electron chi connectivity index (χ1n) is 12.8. The molecule has 0 aliphatic carbocycles. The van der Waals surface area contributed by atoms with Gasteiger partial charge in [-0.1, -0.05) is 28.7 Å². The summed E-state index contributed by atoms with van der Waals surface area (Å²) in [5, 5.41) is 8.08. The summed E-state index contributed by atoms with van der Waals surface area (Å²) in [6.45, 7) is 9.97. The molecule has 2 aliphatic heterocycles. The summed E-state index contributed by atoms with van der Waals surface area (Å²) < 4.78 is 53.8. The molecule has 2 aromatic carbocycles. The number of nitrogens with zero attached hydrogens (tertiary/aromatic N) is 3. The molecule has 0 unspecified atom stereocenters. The maximum Gasteiger partial charge on any atom is 0.135 e. The normalized spacial score (nSPS) is 23.3. The lowest BCUT2D eigenvalue weighted by Gasteiger charge is -2.51. The van der Waals surface area contributed by atoms with Gasteiger partial charge in [0.05, 0.1) is 17.3 Å². The predicted molar refractivity (Wildman–Crippen MR) is 148 cm³/mol. The van der Waals surface area contributed by atoms with Crippen LogP contribution in [0.5, 0.6) is 5.75 Å². The van der Waals surface area contributed by atoms with Gasteiger partial charge in [-0.2, -0.15) is 5.10 Å². The van der Waals surface area contributed by atoms with Crippen molar-refractivity contribution in [1.29, 1.82) is 0 Å². The molecule has 1 aromatic heterocycles. The van der Waals surface area contributed by atoms with E-state index in [1.165, 1.54) is 26.0 Å². The van der Waals surface area contributed by atoms with Crippen LogP contribution in [0.3, 0.4) is 0 Å². The minimum atomic E-state index is -1.56. The van der Waals surface area contributed by atoms with Gasteiger partial charge < -0.3 is 4.74 Å². The Morgan fingerprint density at radius 2 is 1.92 bits per heavy atom. The van der Waals surface area contributed by atoms with Crippen LogP contribution in [0.1, 0.15) is 44.4 Å². The first-order valence-corrected chi connectivity index (χ1v) is 14.4. The van der Waals surface area contributed by atoms with Crippen molar-refractivity contribution in [2.75, 3.05) is 37.2 Å². The fourth-order valence-corrected chi connectivity index (χ4v) is 6.66. The number of benzene rings is 2. The van der Waals surface area contributed by atoms with Crippen LogP contribution in [0.15, 0.2) is 30.5 Å². The van der Waals surface area contributed by atoms with Crippen LogP contribution >= 0.6 is 22.6 Å². The molecule has 5 rings (SSSR count). The number of hydrogen-bond acceptors (Lipinski definition) is 4. The third-order valence-electron chi connectivity index (χ3n) is 7.84. The van der Waals surface area contributed by atoms with Gasteiger partial charge in [-0.25, -0.2) is 13.2 Å². The van der Waals surface area contributed by atoms with Gasteiger partial charge in [0.15, 0.2) is 0 Å². The second-order valence-corrected chi connectivity index (χ2v) is 12.2. The van der Waals surface area contributed by atoms with E-state index in [0.717, 1.165) is 52.0 Å². The van der Waals surface area contributed by atoms with Crippen LogP contribution in [0, 0.1) is 17.6 Å². The number of rotatable bonds is 8. The SMILES string of the molecule is C[C@@H]1Cc2c(ccc3[nH]ncc23)[C@@](C)(c2c(F)cc(OCCN3CC(CI)C3)cc2F)N1CC(C)(C)F. The van der Waals surface area contributed by atoms with Gasteiger partial charge in [-0.15, -0.1) is 0 Å². The molecule has 1 N–H and O–H groups in total. The number of hydrogen-bond donors (Lipinski definition) is 1. The standard InChI is InChI=1S/C28H34F3IN4O/c1-17-9-20-21-13-33-34-25(21)6-5-22(20)28(4,36(17)16-27(2,3)31)26-23(29)10-19(11-24(26)30)37-8-7-35-14-18(12-32)15-35/h5-6,10-11,13,17-18H,7-9,12,14-16H2,1-4H3,(H,33,34)/t17-,28+/m1/s1. The molecular formula is C28H34F3IN4O. The average Bonchev–Trinajstić information content (AvgIpc) is 3.26. The maximum absolute atomic E-state index is 15.9. The van der Waals surface area contributed by atoms with Gasteiger partial charge in [0.1, 0.15) is 29.7 Å². The van der Waals surface area contributed by atoms with E-state index in [-0.39, 0.29) is 23.9 Å².